The van der Waals surface area contributed by atoms with Crippen LogP contribution in [0.25, 0.3) is 10.9 Å². The van der Waals surface area contributed by atoms with Crippen LogP contribution in [0.15, 0.2) is 53.9 Å². The molecule has 3 aromatic rings. The van der Waals surface area contributed by atoms with Crippen molar-refractivity contribution in [3.05, 3.63) is 60.0 Å². The molecule has 1 saturated heterocycles. The van der Waals surface area contributed by atoms with Crippen molar-refractivity contribution in [3.8, 4) is 11.5 Å². The summed E-state index contributed by atoms with van der Waals surface area (Å²) < 4.78 is 33.4. The number of carbonyl (C=O) groups is 1. The van der Waals surface area contributed by atoms with E-state index in [-0.39, 0.29) is 18.6 Å². The van der Waals surface area contributed by atoms with Gasteiger partial charge in [0.1, 0.15) is 18.0 Å². The monoisotopic (exact) mass is 561 g/mol. The molecule has 0 radical (unpaired) electrons. The van der Waals surface area contributed by atoms with Crippen LogP contribution in [-0.2, 0) is 4.74 Å². The van der Waals surface area contributed by atoms with E-state index in [1.807, 2.05) is 42.4 Å². The minimum absolute atomic E-state index is 0.0815. The number of hydrogen-bond donors (Lipinski definition) is 0. The molecule has 1 aliphatic carbocycles. The topological polar surface area (TPSA) is 89.4 Å². The molecule has 6 rings (SSSR count). The van der Waals surface area contributed by atoms with Crippen molar-refractivity contribution in [1.29, 1.82) is 0 Å². The zero-order valence-electron chi connectivity index (χ0n) is 23.9. The summed E-state index contributed by atoms with van der Waals surface area (Å²) in [7, 11) is 1.95. The van der Waals surface area contributed by atoms with Gasteiger partial charge in [-0.15, -0.1) is 0 Å². The van der Waals surface area contributed by atoms with E-state index in [9.17, 15) is 4.79 Å². The van der Waals surface area contributed by atoms with Crippen molar-refractivity contribution in [2.75, 3.05) is 26.7 Å². The summed E-state index contributed by atoms with van der Waals surface area (Å²) in [5.41, 5.74) is 2.90. The normalized spacial score (nSPS) is 23.0. The molecule has 3 aliphatic rings. The van der Waals surface area contributed by atoms with E-state index in [0.717, 1.165) is 40.7 Å². The van der Waals surface area contributed by atoms with Gasteiger partial charge in [0.2, 0.25) is 0 Å². The number of ether oxygens (including phenoxy) is 3. The maximum atomic E-state index is 15.4. The Morgan fingerprint density at radius 3 is 2.46 bits per heavy atom. The smallest absolute Gasteiger partial charge is 0.410 e. The first kappa shape index (κ1) is 27.2. The second kappa shape index (κ2) is 10.8. The van der Waals surface area contributed by atoms with E-state index in [2.05, 4.69) is 17.1 Å². The number of hydrazone groups is 1. The molecule has 216 valence electrons. The molecular formula is C31H36FN5O4. The number of fused-ring (bicyclic) bond motifs is 1. The van der Waals surface area contributed by atoms with Crippen molar-refractivity contribution < 1.29 is 23.4 Å². The first-order valence-corrected chi connectivity index (χ1v) is 14.2. The number of halogens is 1. The van der Waals surface area contributed by atoms with Crippen LogP contribution in [0.4, 0.5) is 9.18 Å². The lowest BCUT2D eigenvalue weighted by Gasteiger charge is -2.35. The van der Waals surface area contributed by atoms with Gasteiger partial charge in [-0.3, -0.25) is 5.01 Å². The summed E-state index contributed by atoms with van der Waals surface area (Å²) in [5, 5.41) is 7.54. The highest BCUT2D eigenvalue weighted by Gasteiger charge is 2.37. The van der Waals surface area contributed by atoms with E-state index >= 15 is 4.39 Å². The Bertz CT molecular complexity index is 1460. The highest BCUT2D eigenvalue weighted by molar-refractivity contribution is 6.07. The zero-order chi connectivity index (χ0) is 28.7. The van der Waals surface area contributed by atoms with Gasteiger partial charge in [0.15, 0.2) is 17.7 Å². The molecule has 1 amide bonds. The van der Waals surface area contributed by atoms with Gasteiger partial charge in [0.25, 0.3) is 0 Å². The molecule has 3 atom stereocenters. The second-order valence-electron chi connectivity index (χ2n) is 12.0. The quantitative estimate of drug-likeness (QED) is 0.402. The van der Waals surface area contributed by atoms with E-state index < -0.39 is 24.0 Å². The van der Waals surface area contributed by atoms with Crippen LogP contribution in [0.2, 0.25) is 0 Å². The van der Waals surface area contributed by atoms with E-state index in [0.29, 0.717) is 31.0 Å². The van der Waals surface area contributed by atoms with Crippen LogP contribution in [0.5, 0.6) is 11.5 Å². The average molecular weight is 562 g/mol. The summed E-state index contributed by atoms with van der Waals surface area (Å²) in [6.45, 7) is 6.31. The number of hydrogen-bond acceptors (Lipinski definition) is 8. The molecule has 0 spiro atoms. The number of benzene rings is 2. The van der Waals surface area contributed by atoms with Crippen LogP contribution in [0.1, 0.15) is 57.2 Å². The number of alkyl halides is 1. The summed E-state index contributed by atoms with van der Waals surface area (Å²) in [4.78, 5) is 23.2. The Morgan fingerprint density at radius 2 is 1.76 bits per heavy atom. The lowest BCUT2D eigenvalue weighted by Crippen LogP contribution is -2.50. The third-order valence-corrected chi connectivity index (χ3v) is 7.42. The molecule has 0 bridgehead atoms. The average Bonchev–Trinajstić information content (AvgIpc) is 3.67. The van der Waals surface area contributed by atoms with Gasteiger partial charge in [-0.1, -0.05) is 30.3 Å². The first-order valence-electron chi connectivity index (χ1n) is 14.2. The maximum absolute atomic E-state index is 15.4. The van der Waals surface area contributed by atoms with Gasteiger partial charge in [-0.25, -0.2) is 19.2 Å². The van der Waals surface area contributed by atoms with Gasteiger partial charge in [0, 0.05) is 38.0 Å². The second-order valence-corrected chi connectivity index (χ2v) is 12.0. The number of likely N-dealkylation sites (tertiary alicyclic amines) is 1. The Hall–Kier alpha value is -3.95. The number of aromatic nitrogens is 2. The molecule has 3 heterocycles. The van der Waals surface area contributed by atoms with Crippen molar-refractivity contribution in [2.45, 2.75) is 69.9 Å². The lowest BCUT2D eigenvalue weighted by molar-refractivity contribution is -0.0111. The largest absolute Gasteiger partial charge is 0.486 e. The number of likely N-dealkylation sites (N-methyl/N-ethyl adjacent to an activating group) is 1. The van der Waals surface area contributed by atoms with Gasteiger partial charge < -0.3 is 19.1 Å². The predicted octanol–water partition coefficient (Wildman–Crippen LogP) is 5.33. The SMILES string of the molecule is CN1CC(c2ncnc3cc(OC4CC4)c(O[C@@H]4CCN(C(=O)OC(C)(C)C)C[C@H]4F)cc23)C(c2ccccc2)=N1. The summed E-state index contributed by atoms with van der Waals surface area (Å²) in [6.07, 6.45) is 1.33. The lowest BCUT2D eigenvalue weighted by atomic mass is 9.92. The number of rotatable bonds is 6. The third kappa shape index (κ3) is 6.06. The van der Waals surface area contributed by atoms with Crippen molar-refractivity contribution in [3.63, 3.8) is 0 Å². The summed E-state index contributed by atoms with van der Waals surface area (Å²) >= 11 is 0. The van der Waals surface area contributed by atoms with E-state index in [1.54, 1.807) is 27.1 Å². The number of amides is 1. The van der Waals surface area contributed by atoms with Crippen LogP contribution in [0, 0.1) is 0 Å². The Kier molecular flexibility index (Phi) is 7.17. The van der Waals surface area contributed by atoms with Gasteiger partial charge in [-0.2, -0.15) is 5.10 Å². The van der Waals surface area contributed by atoms with Gasteiger partial charge in [-0.05, 0) is 45.2 Å². The molecule has 1 saturated carbocycles. The molecule has 2 aromatic carbocycles. The molecule has 10 heteroatoms. The van der Waals surface area contributed by atoms with Crippen molar-refractivity contribution in [1.82, 2.24) is 19.9 Å². The highest BCUT2D eigenvalue weighted by atomic mass is 19.1. The van der Waals surface area contributed by atoms with Crippen LogP contribution in [-0.4, -0.2) is 82.3 Å². The Labute approximate surface area is 239 Å². The third-order valence-electron chi connectivity index (χ3n) is 7.42. The van der Waals surface area contributed by atoms with E-state index in [4.69, 9.17) is 24.3 Å². The summed E-state index contributed by atoms with van der Waals surface area (Å²) in [6, 6.07) is 13.8. The number of piperidine rings is 1. The fourth-order valence-electron chi connectivity index (χ4n) is 5.31. The molecule has 0 N–H and O–H groups in total. The van der Waals surface area contributed by atoms with Crippen molar-refractivity contribution in [2.24, 2.45) is 5.10 Å². The highest BCUT2D eigenvalue weighted by Crippen LogP contribution is 2.40. The van der Waals surface area contributed by atoms with Gasteiger partial charge >= 0.3 is 6.09 Å². The number of carbonyl (C=O) groups excluding carboxylic acids is 1. The minimum Gasteiger partial charge on any atom is -0.486 e. The fraction of sp³-hybridized carbons (Fsp3) is 0.484. The maximum Gasteiger partial charge on any atom is 0.410 e. The van der Waals surface area contributed by atoms with Gasteiger partial charge in [0.05, 0.1) is 35.5 Å². The standard InChI is InChI=1S/C31H36FN5O4/c1-31(2,3)41-30(38)37-13-12-25(23(32)17-37)40-26-14-21-24(15-27(26)39-20-10-11-20)33-18-34-29(21)22-16-36(4)35-28(22)19-8-6-5-7-9-19/h5-9,14-15,18,20,22-23,25H,10-13,16-17H2,1-4H3/t22?,23-,25-/m1/s1. The molecule has 2 fully saturated rings. The fourth-order valence-corrected chi connectivity index (χ4v) is 5.31. The molecular weight excluding hydrogens is 525 g/mol. The Morgan fingerprint density at radius 1 is 1.00 bits per heavy atom. The van der Waals surface area contributed by atoms with E-state index in [1.165, 1.54) is 4.90 Å². The number of nitrogens with zero attached hydrogens (tertiary/aromatic N) is 5. The van der Waals surface area contributed by atoms with Crippen LogP contribution < -0.4 is 9.47 Å². The Balaban J connectivity index is 1.30. The molecule has 41 heavy (non-hydrogen) atoms. The minimum atomic E-state index is -1.38. The van der Waals surface area contributed by atoms with Crippen molar-refractivity contribution >= 4 is 22.7 Å². The molecule has 1 aromatic heterocycles. The zero-order valence-corrected chi connectivity index (χ0v) is 23.9. The summed E-state index contributed by atoms with van der Waals surface area (Å²) in [5.74, 6) is 0.928. The molecule has 9 nitrogen and oxygen atoms in total. The first-order chi connectivity index (χ1) is 19.6. The molecule has 1 unspecified atom stereocenters. The predicted molar refractivity (Wildman–Crippen MR) is 153 cm³/mol. The van der Waals surface area contributed by atoms with Crippen LogP contribution in [0.3, 0.4) is 0 Å². The molecule has 2 aliphatic heterocycles. The van der Waals surface area contributed by atoms with Crippen LogP contribution >= 0.6 is 0 Å².